The molecule has 1 aliphatic heterocycles. The zero-order valence-corrected chi connectivity index (χ0v) is 12.2. The van der Waals surface area contributed by atoms with Crippen molar-refractivity contribution in [1.82, 2.24) is 9.97 Å². The maximum atomic E-state index is 11.2. The molecule has 1 fully saturated rings. The lowest BCUT2D eigenvalue weighted by Gasteiger charge is -2.37. The first kappa shape index (κ1) is 14.5. The number of nitro groups is 1. The molecular formula is C13H21N5O2. The van der Waals surface area contributed by atoms with Crippen molar-refractivity contribution in [3.8, 4) is 0 Å². The highest BCUT2D eigenvalue weighted by Gasteiger charge is 2.30. The fourth-order valence-corrected chi connectivity index (χ4v) is 2.53. The predicted octanol–water partition coefficient (Wildman–Crippen LogP) is 2.44. The summed E-state index contributed by atoms with van der Waals surface area (Å²) < 4.78 is 0. The van der Waals surface area contributed by atoms with Gasteiger partial charge in [-0.25, -0.2) is 4.98 Å². The van der Waals surface area contributed by atoms with Crippen molar-refractivity contribution in [3.05, 3.63) is 16.3 Å². The normalized spacial score (nSPS) is 22.6. The lowest BCUT2D eigenvalue weighted by atomic mass is 9.95. The standard InChI is InChI=1S/C13H21N5O2/c1-4-14-13-15-7-11(18(19)20)12(16-13)17-8-9(2)5-6-10(17)3/h7,9-10H,4-6,8H2,1-3H3,(H,14,15,16). The fourth-order valence-electron chi connectivity index (χ4n) is 2.53. The molecule has 1 saturated heterocycles. The molecule has 1 aliphatic rings. The summed E-state index contributed by atoms with van der Waals surface area (Å²) in [5.41, 5.74) is -0.0207. The van der Waals surface area contributed by atoms with E-state index in [0.717, 1.165) is 19.4 Å². The van der Waals surface area contributed by atoms with E-state index < -0.39 is 4.92 Å². The molecule has 1 N–H and O–H groups in total. The van der Waals surface area contributed by atoms with Gasteiger partial charge in [-0.1, -0.05) is 6.92 Å². The van der Waals surface area contributed by atoms with Gasteiger partial charge in [0.15, 0.2) is 0 Å². The SMILES string of the molecule is CCNc1ncc([N+](=O)[O-])c(N2CC(C)CCC2C)n1. The topological polar surface area (TPSA) is 84.2 Å². The summed E-state index contributed by atoms with van der Waals surface area (Å²) in [5, 5.41) is 14.2. The third kappa shape index (κ3) is 2.97. The summed E-state index contributed by atoms with van der Waals surface area (Å²) in [5.74, 6) is 1.39. The van der Waals surface area contributed by atoms with Crippen LogP contribution in [-0.4, -0.2) is 34.0 Å². The predicted molar refractivity (Wildman–Crippen MR) is 78.1 cm³/mol. The molecule has 0 spiro atoms. The van der Waals surface area contributed by atoms with Crippen LogP contribution in [0.3, 0.4) is 0 Å². The molecule has 0 amide bonds. The van der Waals surface area contributed by atoms with E-state index in [1.165, 1.54) is 6.20 Å². The number of rotatable bonds is 4. The Hall–Kier alpha value is -1.92. The van der Waals surface area contributed by atoms with Crippen LogP contribution in [0.15, 0.2) is 6.20 Å². The summed E-state index contributed by atoms with van der Waals surface area (Å²) in [6, 6.07) is 0.259. The average molecular weight is 279 g/mol. The van der Waals surface area contributed by atoms with Crippen molar-refractivity contribution in [3.63, 3.8) is 0 Å². The Kier molecular flexibility index (Phi) is 4.36. The number of piperidine rings is 1. The molecule has 2 unspecified atom stereocenters. The third-order valence-corrected chi connectivity index (χ3v) is 3.67. The Bertz CT molecular complexity index is 494. The molecule has 0 bridgehead atoms. The molecule has 1 aromatic rings. The Morgan fingerprint density at radius 3 is 2.90 bits per heavy atom. The maximum absolute atomic E-state index is 11.2. The minimum atomic E-state index is -0.406. The van der Waals surface area contributed by atoms with Gasteiger partial charge in [-0.15, -0.1) is 0 Å². The van der Waals surface area contributed by atoms with E-state index in [9.17, 15) is 10.1 Å². The lowest BCUT2D eigenvalue weighted by Crippen LogP contribution is -2.42. The molecule has 0 aromatic carbocycles. The Morgan fingerprint density at radius 2 is 2.25 bits per heavy atom. The van der Waals surface area contributed by atoms with Crippen LogP contribution in [0.2, 0.25) is 0 Å². The minimum absolute atomic E-state index is 0.0207. The quantitative estimate of drug-likeness (QED) is 0.673. The van der Waals surface area contributed by atoms with Gasteiger partial charge in [0.1, 0.15) is 6.20 Å². The van der Waals surface area contributed by atoms with Crippen LogP contribution in [0.25, 0.3) is 0 Å². The third-order valence-electron chi connectivity index (χ3n) is 3.67. The van der Waals surface area contributed by atoms with E-state index in [1.54, 1.807) is 0 Å². The number of hydrogen-bond acceptors (Lipinski definition) is 6. The average Bonchev–Trinajstić information content (AvgIpc) is 2.41. The van der Waals surface area contributed by atoms with Crippen LogP contribution < -0.4 is 10.2 Å². The van der Waals surface area contributed by atoms with Crippen molar-refractivity contribution in [1.29, 1.82) is 0 Å². The smallest absolute Gasteiger partial charge is 0.329 e. The van der Waals surface area contributed by atoms with Crippen molar-refractivity contribution >= 4 is 17.5 Å². The first-order valence-corrected chi connectivity index (χ1v) is 7.04. The first-order valence-electron chi connectivity index (χ1n) is 7.04. The van der Waals surface area contributed by atoms with E-state index in [1.807, 2.05) is 11.8 Å². The molecular weight excluding hydrogens is 258 g/mol. The lowest BCUT2D eigenvalue weighted by molar-refractivity contribution is -0.384. The number of nitrogens with zero attached hydrogens (tertiary/aromatic N) is 4. The number of anilines is 2. The largest absolute Gasteiger partial charge is 0.354 e. The molecule has 0 aliphatic carbocycles. The van der Waals surface area contributed by atoms with Gasteiger partial charge in [-0.3, -0.25) is 10.1 Å². The summed E-state index contributed by atoms with van der Waals surface area (Å²) in [6.07, 6.45) is 3.47. The van der Waals surface area contributed by atoms with Gasteiger partial charge < -0.3 is 10.2 Å². The van der Waals surface area contributed by atoms with Gasteiger partial charge in [0.25, 0.3) is 0 Å². The van der Waals surface area contributed by atoms with E-state index in [4.69, 9.17) is 0 Å². The highest BCUT2D eigenvalue weighted by atomic mass is 16.6. The van der Waals surface area contributed by atoms with Crippen LogP contribution in [0.1, 0.15) is 33.6 Å². The van der Waals surface area contributed by atoms with Crippen molar-refractivity contribution in [2.75, 3.05) is 23.3 Å². The molecule has 110 valence electrons. The summed E-state index contributed by atoms with van der Waals surface area (Å²) in [4.78, 5) is 21.2. The van der Waals surface area contributed by atoms with E-state index >= 15 is 0 Å². The van der Waals surface area contributed by atoms with Crippen LogP contribution >= 0.6 is 0 Å². The van der Waals surface area contributed by atoms with Gasteiger partial charge >= 0.3 is 5.69 Å². The second-order valence-corrected chi connectivity index (χ2v) is 5.37. The Balaban J connectivity index is 2.40. The maximum Gasteiger partial charge on any atom is 0.329 e. The van der Waals surface area contributed by atoms with Crippen molar-refractivity contribution < 1.29 is 4.92 Å². The van der Waals surface area contributed by atoms with E-state index in [0.29, 0.717) is 24.2 Å². The molecule has 20 heavy (non-hydrogen) atoms. The fraction of sp³-hybridized carbons (Fsp3) is 0.692. The molecule has 2 heterocycles. The highest BCUT2D eigenvalue weighted by molar-refractivity contribution is 5.59. The summed E-state index contributed by atoms with van der Waals surface area (Å²) >= 11 is 0. The summed E-state index contributed by atoms with van der Waals surface area (Å²) in [6.45, 7) is 7.67. The first-order chi connectivity index (χ1) is 9.52. The van der Waals surface area contributed by atoms with Crippen LogP contribution in [0.4, 0.5) is 17.5 Å². The Labute approximate surface area is 118 Å². The second-order valence-electron chi connectivity index (χ2n) is 5.37. The van der Waals surface area contributed by atoms with E-state index in [2.05, 4.69) is 29.1 Å². The van der Waals surface area contributed by atoms with Gasteiger partial charge in [-0.05, 0) is 32.6 Å². The monoisotopic (exact) mass is 279 g/mol. The number of nitrogens with one attached hydrogen (secondary N) is 1. The molecule has 0 radical (unpaired) electrons. The highest BCUT2D eigenvalue weighted by Crippen LogP contribution is 2.32. The van der Waals surface area contributed by atoms with Gasteiger partial charge in [-0.2, -0.15) is 4.98 Å². The second kappa shape index (κ2) is 6.02. The van der Waals surface area contributed by atoms with Crippen molar-refractivity contribution in [2.45, 2.75) is 39.7 Å². The number of aromatic nitrogens is 2. The van der Waals surface area contributed by atoms with Gasteiger partial charge in [0.05, 0.1) is 4.92 Å². The van der Waals surface area contributed by atoms with Gasteiger partial charge in [0.2, 0.25) is 11.8 Å². The molecule has 2 atom stereocenters. The van der Waals surface area contributed by atoms with Gasteiger partial charge in [0, 0.05) is 19.1 Å². The van der Waals surface area contributed by atoms with Crippen molar-refractivity contribution in [2.24, 2.45) is 5.92 Å². The molecule has 7 heteroatoms. The van der Waals surface area contributed by atoms with Crippen LogP contribution in [-0.2, 0) is 0 Å². The summed E-state index contributed by atoms with van der Waals surface area (Å²) in [7, 11) is 0. The van der Waals surface area contributed by atoms with E-state index in [-0.39, 0.29) is 11.7 Å². The molecule has 7 nitrogen and oxygen atoms in total. The zero-order valence-electron chi connectivity index (χ0n) is 12.2. The minimum Gasteiger partial charge on any atom is -0.354 e. The zero-order chi connectivity index (χ0) is 14.7. The number of hydrogen-bond donors (Lipinski definition) is 1. The molecule has 2 rings (SSSR count). The van der Waals surface area contributed by atoms with Crippen LogP contribution in [0, 0.1) is 16.0 Å². The van der Waals surface area contributed by atoms with Crippen LogP contribution in [0.5, 0.6) is 0 Å². The molecule has 0 saturated carbocycles. The molecule has 1 aromatic heterocycles. The Morgan fingerprint density at radius 1 is 1.50 bits per heavy atom.